The monoisotopic (exact) mass is 362 g/mol. The van der Waals surface area contributed by atoms with Crippen molar-refractivity contribution in [2.24, 2.45) is 5.92 Å². The van der Waals surface area contributed by atoms with Gasteiger partial charge in [-0.1, -0.05) is 20.8 Å². The molecule has 0 aliphatic carbocycles. The summed E-state index contributed by atoms with van der Waals surface area (Å²) in [6, 6.07) is 3.56. The minimum atomic E-state index is -0.0800. The molecule has 0 radical (unpaired) electrons. The molecular formula is C19H30N4O3. The molecule has 2 aliphatic rings. The van der Waals surface area contributed by atoms with Crippen LogP contribution in [0.2, 0.25) is 0 Å². The van der Waals surface area contributed by atoms with E-state index in [1.165, 1.54) is 0 Å². The average molecular weight is 362 g/mol. The third kappa shape index (κ3) is 4.44. The van der Waals surface area contributed by atoms with Crippen LogP contribution in [0.1, 0.15) is 39.3 Å². The Hall–Kier alpha value is -1.89. The Morgan fingerprint density at radius 1 is 1.12 bits per heavy atom. The molecule has 0 N–H and O–H groups in total. The molecule has 7 heteroatoms. The molecule has 0 atom stereocenters. The van der Waals surface area contributed by atoms with Crippen LogP contribution in [0.15, 0.2) is 16.9 Å². The SMILES string of the molecule is CC(C)(C)c1ccc(=O)n(CC2CCN(C(=O)N3CCOCC3)CC2)n1. The van der Waals surface area contributed by atoms with Gasteiger partial charge in [-0.05, 0) is 24.8 Å². The van der Waals surface area contributed by atoms with Crippen molar-refractivity contribution >= 4 is 6.03 Å². The van der Waals surface area contributed by atoms with Gasteiger partial charge in [0, 0.05) is 44.2 Å². The van der Waals surface area contributed by atoms with Crippen LogP contribution in [0.3, 0.4) is 0 Å². The number of morpholine rings is 1. The van der Waals surface area contributed by atoms with Crippen LogP contribution >= 0.6 is 0 Å². The van der Waals surface area contributed by atoms with E-state index in [2.05, 4.69) is 25.9 Å². The first-order chi connectivity index (χ1) is 12.3. The number of carbonyl (C=O) groups excluding carboxylic acids is 1. The second-order valence-corrected chi connectivity index (χ2v) is 8.30. The Bertz CT molecular complexity index is 681. The number of piperidine rings is 1. The molecule has 0 aromatic carbocycles. The summed E-state index contributed by atoms with van der Waals surface area (Å²) in [7, 11) is 0. The molecule has 2 amide bonds. The van der Waals surface area contributed by atoms with Gasteiger partial charge in [-0.15, -0.1) is 0 Å². The topological polar surface area (TPSA) is 67.7 Å². The quantitative estimate of drug-likeness (QED) is 0.803. The van der Waals surface area contributed by atoms with Crippen LogP contribution in [0.25, 0.3) is 0 Å². The lowest BCUT2D eigenvalue weighted by Gasteiger charge is -2.37. The summed E-state index contributed by atoms with van der Waals surface area (Å²) in [6.07, 6.45) is 1.81. The number of amides is 2. The number of hydrogen-bond donors (Lipinski definition) is 0. The highest BCUT2D eigenvalue weighted by molar-refractivity contribution is 5.74. The average Bonchev–Trinajstić information content (AvgIpc) is 2.63. The van der Waals surface area contributed by atoms with Crippen molar-refractivity contribution in [3.8, 4) is 0 Å². The highest BCUT2D eigenvalue weighted by Gasteiger charge is 2.28. The van der Waals surface area contributed by atoms with Crippen molar-refractivity contribution in [2.45, 2.75) is 45.6 Å². The van der Waals surface area contributed by atoms with Gasteiger partial charge in [0.1, 0.15) is 0 Å². The van der Waals surface area contributed by atoms with Gasteiger partial charge in [0.05, 0.1) is 18.9 Å². The van der Waals surface area contributed by atoms with E-state index in [-0.39, 0.29) is 17.0 Å². The summed E-state index contributed by atoms with van der Waals surface area (Å²) in [5.41, 5.74) is 0.797. The van der Waals surface area contributed by atoms with Crippen molar-refractivity contribution in [2.75, 3.05) is 39.4 Å². The van der Waals surface area contributed by atoms with Gasteiger partial charge in [0.15, 0.2) is 0 Å². The fourth-order valence-corrected chi connectivity index (χ4v) is 3.49. The molecule has 2 saturated heterocycles. The molecule has 0 bridgehead atoms. The predicted octanol–water partition coefficient (Wildman–Crippen LogP) is 1.71. The lowest BCUT2D eigenvalue weighted by molar-refractivity contribution is 0.0396. The van der Waals surface area contributed by atoms with E-state index < -0.39 is 0 Å². The van der Waals surface area contributed by atoms with E-state index in [0.29, 0.717) is 38.8 Å². The lowest BCUT2D eigenvalue weighted by atomic mass is 9.92. The number of nitrogens with zero attached hydrogens (tertiary/aromatic N) is 4. The zero-order valence-corrected chi connectivity index (χ0v) is 16.1. The Morgan fingerprint density at radius 3 is 2.35 bits per heavy atom. The Balaban J connectivity index is 1.57. The molecule has 0 unspecified atom stereocenters. The fraction of sp³-hybridized carbons (Fsp3) is 0.737. The molecule has 3 heterocycles. The second-order valence-electron chi connectivity index (χ2n) is 8.30. The molecule has 3 rings (SSSR count). The zero-order chi connectivity index (χ0) is 18.7. The van der Waals surface area contributed by atoms with Gasteiger partial charge in [0.2, 0.25) is 0 Å². The smallest absolute Gasteiger partial charge is 0.320 e. The molecule has 26 heavy (non-hydrogen) atoms. The molecule has 2 fully saturated rings. The Labute approximate surface area is 154 Å². The summed E-state index contributed by atoms with van der Waals surface area (Å²) < 4.78 is 6.92. The first-order valence-electron chi connectivity index (χ1n) is 9.55. The van der Waals surface area contributed by atoms with Gasteiger partial charge in [-0.3, -0.25) is 4.79 Å². The number of aromatic nitrogens is 2. The number of urea groups is 1. The van der Waals surface area contributed by atoms with E-state index in [0.717, 1.165) is 31.6 Å². The maximum Gasteiger partial charge on any atom is 0.320 e. The highest BCUT2D eigenvalue weighted by atomic mass is 16.5. The summed E-state index contributed by atoms with van der Waals surface area (Å²) >= 11 is 0. The van der Waals surface area contributed by atoms with E-state index >= 15 is 0 Å². The minimum Gasteiger partial charge on any atom is -0.378 e. The summed E-state index contributed by atoms with van der Waals surface area (Å²) in [6.45, 7) is 11.0. The second kappa shape index (κ2) is 7.78. The maximum absolute atomic E-state index is 12.6. The van der Waals surface area contributed by atoms with Gasteiger partial charge >= 0.3 is 6.03 Å². The van der Waals surface area contributed by atoms with Crippen LogP contribution in [0.4, 0.5) is 4.79 Å². The predicted molar refractivity (Wildman–Crippen MR) is 99.3 cm³/mol. The van der Waals surface area contributed by atoms with Crippen LogP contribution < -0.4 is 5.56 Å². The Morgan fingerprint density at radius 2 is 1.73 bits per heavy atom. The largest absolute Gasteiger partial charge is 0.378 e. The molecule has 1 aromatic rings. The van der Waals surface area contributed by atoms with Crippen LogP contribution in [-0.4, -0.2) is 65.0 Å². The van der Waals surface area contributed by atoms with Crippen LogP contribution in [-0.2, 0) is 16.7 Å². The number of rotatable bonds is 2. The number of ether oxygens (including phenoxy) is 1. The number of hydrogen-bond acceptors (Lipinski definition) is 4. The Kier molecular flexibility index (Phi) is 5.65. The van der Waals surface area contributed by atoms with Crippen LogP contribution in [0, 0.1) is 5.92 Å². The van der Waals surface area contributed by atoms with Crippen molar-refractivity contribution < 1.29 is 9.53 Å². The fourth-order valence-electron chi connectivity index (χ4n) is 3.49. The van der Waals surface area contributed by atoms with E-state index in [4.69, 9.17) is 4.74 Å². The first-order valence-corrected chi connectivity index (χ1v) is 9.55. The summed E-state index contributed by atoms with van der Waals surface area (Å²) in [5, 5.41) is 4.57. The van der Waals surface area contributed by atoms with E-state index in [9.17, 15) is 9.59 Å². The normalized spacial score (nSPS) is 19.7. The third-order valence-electron chi connectivity index (χ3n) is 5.23. The standard InChI is InChI=1S/C19H30N4O3/c1-19(2,3)16-4-5-17(24)23(20-16)14-15-6-8-21(9-7-15)18(25)22-10-12-26-13-11-22/h4-5,15H,6-14H2,1-3H3. The van der Waals surface area contributed by atoms with Crippen molar-refractivity contribution in [3.63, 3.8) is 0 Å². The van der Waals surface area contributed by atoms with Gasteiger partial charge in [-0.2, -0.15) is 5.10 Å². The molecule has 0 saturated carbocycles. The van der Waals surface area contributed by atoms with Gasteiger partial charge in [0.25, 0.3) is 5.56 Å². The minimum absolute atomic E-state index is 0.0511. The lowest BCUT2D eigenvalue weighted by Crippen LogP contribution is -2.50. The van der Waals surface area contributed by atoms with Crippen molar-refractivity contribution in [3.05, 3.63) is 28.2 Å². The molecule has 2 aliphatic heterocycles. The maximum atomic E-state index is 12.6. The van der Waals surface area contributed by atoms with Crippen molar-refractivity contribution in [1.29, 1.82) is 0 Å². The first kappa shape index (κ1) is 18.9. The van der Waals surface area contributed by atoms with E-state index in [1.807, 2.05) is 15.9 Å². The number of carbonyl (C=O) groups is 1. The van der Waals surface area contributed by atoms with Gasteiger partial charge in [-0.25, -0.2) is 9.48 Å². The molecule has 1 aromatic heterocycles. The highest BCUT2D eigenvalue weighted by Crippen LogP contribution is 2.21. The molecule has 7 nitrogen and oxygen atoms in total. The zero-order valence-electron chi connectivity index (χ0n) is 16.1. The van der Waals surface area contributed by atoms with Gasteiger partial charge < -0.3 is 14.5 Å². The van der Waals surface area contributed by atoms with E-state index in [1.54, 1.807) is 10.7 Å². The third-order valence-corrected chi connectivity index (χ3v) is 5.23. The number of likely N-dealkylation sites (tertiary alicyclic amines) is 1. The molecular weight excluding hydrogens is 332 g/mol. The van der Waals surface area contributed by atoms with Crippen LogP contribution in [0.5, 0.6) is 0 Å². The molecule has 144 valence electrons. The molecule has 0 spiro atoms. The summed E-state index contributed by atoms with van der Waals surface area (Å²) in [5.74, 6) is 0.379. The summed E-state index contributed by atoms with van der Waals surface area (Å²) in [4.78, 5) is 28.5. The van der Waals surface area contributed by atoms with Crippen molar-refractivity contribution in [1.82, 2.24) is 19.6 Å².